The molecule has 0 rings (SSSR count). The molecule has 26 heavy (non-hydrogen) atoms. The molecule has 0 aromatic heterocycles. The average molecular weight is 375 g/mol. The molecule has 7 heteroatoms. The Morgan fingerprint density at radius 1 is 1.35 bits per heavy atom. The molecule has 0 aromatic rings. The van der Waals surface area contributed by atoms with Gasteiger partial charge in [0.25, 0.3) is 0 Å². The number of carbonyl (C=O) groups excluding carboxylic acids is 1. The Morgan fingerprint density at radius 3 is 2.46 bits per heavy atom. The van der Waals surface area contributed by atoms with E-state index in [2.05, 4.69) is 17.9 Å². The number of rotatable bonds is 12. The van der Waals surface area contributed by atoms with Gasteiger partial charge < -0.3 is 9.57 Å². The summed E-state index contributed by atoms with van der Waals surface area (Å²) < 4.78 is 42.3. The largest absolute Gasteiger partial charge is 0.465 e. The minimum Gasteiger partial charge on any atom is -0.465 e. The summed E-state index contributed by atoms with van der Waals surface area (Å²) in [5.74, 6) is 4.91. The van der Waals surface area contributed by atoms with E-state index in [9.17, 15) is 18.0 Å². The predicted molar refractivity (Wildman–Crippen MR) is 95.9 cm³/mol. The van der Waals surface area contributed by atoms with Gasteiger partial charge in [-0.05, 0) is 38.0 Å². The fraction of sp³-hybridized carbons (Fsp3) is 0.526. The molecular formula is C19H28F3NO3. The topological polar surface area (TPSA) is 61.5 Å². The molecule has 148 valence electrons. The molecule has 0 saturated heterocycles. The van der Waals surface area contributed by atoms with Crippen LogP contribution in [0.5, 0.6) is 0 Å². The molecule has 0 fully saturated rings. The lowest BCUT2D eigenvalue weighted by atomic mass is 9.95. The van der Waals surface area contributed by atoms with Crippen LogP contribution in [0, 0.1) is 5.92 Å². The Bertz CT molecular complexity index is 525. The summed E-state index contributed by atoms with van der Waals surface area (Å²) in [6, 6.07) is 0. The van der Waals surface area contributed by atoms with Crippen LogP contribution in [0.4, 0.5) is 13.2 Å². The third-order valence-corrected chi connectivity index (χ3v) is 3.94. The first-order chi connectivity index (χ1) is 12.2. The van der Waals surface area contributed by atoms with Crippen LogP contribution < -0.4 is 5.90 Å². The molecule has 0 spiro atoms. The highest BCUT2D eigenvalue weighted by Gasteiger charge is 2.30. The van der Waals surface area contributed by atoms with E-state index in [-0.39, 0.29) is 24.0 Å². The second kappa shape index (κ2) is 12.5. The zero-order valence-corrected chi connectivity index (χ0v) is 15.3. The summed E-state index contributed by atoms with van der Waals surface area (Å²) in [7, 11) is 1.28. The van der Waals surface area contributed by atoms with Crippen molar-refractivity contribution in [3.05, 3.63) is 48.6 Å². The first-order valence-corrected chi connectivity index (χ1v) is 8.40. The number of halogens is 3. The van der Waals surface area contributed by atoms with Crippen molar-refractivity contribution in [3.8, 4) is 0 Å². The van der Waals surface area contributed by atoms with Gasteiger partial charge in [-0.2, -0.15) is 13.2 Å². The van der Waals surface area contributed by atoms with Crippen LogP contribution in [0.25, 0.3) is 0 Å². The van der Waals surface area contributed by atoms with Crippen molar-refractivity contribution in [2.75, 3.05) is 7.11 Å². The molecule has 0 aliphatic heterocycles. The van der Waals surface area contributed by atoms with Crippen molar-refractivity contribution in [3.63, 3.8) is 0 Å². The fourth-order valence-electron chi connectivity index (χ4n) is 2.33. The monoisotopic (exact) mass is 375 g/mol. The fourth-order valence-corrected chi connectivity index (χ4v) is 2.33. The Balaban J connectivity index is 4.57. The van der Waals surface area contributed by atoms with Gasteiger partial charge in [0.05, 0.1) is 24.4 Å². The number of carbonyl (C=O) groups is 1. The number of esters is 1. The minimum absolute atomic E-state index is 0.0967. The normalized spacial score (nSPS) is 14.9. The summed E-state index contributed by atoms with van der Waals surface area (Å²) in [6.45, 7) is 8.77. The lowest BCUT2D eigenvalue weighted by Crippen LogP contribution is -2.20. The Hall–Kier alpha value is -1.86. The van der Waals surface area contributed by atoms with E-state index in [1.165, 1.54) is 7.11 Å². The quantitative estimate of drug-likeness (QED) is 0.175. The number of methoxy groups -OCH3 is 1. The van der Waals surface area contributed by atoms with Gasteiger partial charge >= 0.3 is 12.1 Å². The van der Waals surface area contributed by atoms with Gasteiger partial charge in [0.15, 0.2) is 0 Å². The smallest absolute Gasteiger partial charge is 0.416 e. The molecule has 1 unspecified atom stereocenters. The first-order valence-electron chi connectivity index (χ1n) is 8.40. The van der Waals surface area contributed by atoms with E-state index in [4.69, 9.17) is 10.7 Å². The zero-order valence-electron chi connectivity index (χ0n) is 15.3. The van der Waals surface area contributed by atoms with E-state index < -0.39 is 17.7 Å². The number of alkyl halides is 3. The second-order valence-electron chi connectivity index (χ2n) is 5.83. The SMILES string of the molecule is C=C/C(=C\CCCC(C[C@H](/C=C\C(=C)C(=O)OC)CC)ON)C(F)(F)F. The summed E-state index contributed by atoms with van der Waals surface area (Å²) in [4.78, 5) is 16.3. The number of hydrogen-bond acceptors (Lipinski definition) is 4. The van der Waals surface area contributed by atoms with Gasteiger partial charge in [0.2, 0.25) is 0 Å². The van der Waals surface area contributed by atoms with Crippen LogP contribution in [0.1, 0.15) is 39.0 Å². The summed E-state index contributed by atoms with van der Waals surface area (Å²) >= 11 is 0. The van der Waals surface area contributed by atoms with Gasteiger partial charge in [-0.3, -0.25) is 0 Å². The molecule has 0 aromatic carbocycles. The van der Waals surface area contributed by atoms with E-state index in [0.29, 0.717) is 19.3 Å². The van der Waals surface area contributed by atoms with Gasteiger partial charge in [-0.15, -0.1) is 0 Å². The molecule has 2 N–H and O–H groups in total. The summed E-state index contributed by atoms with van der Waals surface area (Å²) in [6.07, 6.45) is 3.36. The third kappa shape index (κ3) is 9.58. The van der Waals surface area contributed by atoms with E-state index >= 15 is 0 Å². The van der Waals surface area contributed by atoms with Crippen LogP contribution in [0.3, 0.4) is 0 Å². The maximum atomic E-state index is 12.6. The first kappa shape index (κ1) is 24.1. The van der Waals surface area contributed by atoms with Crippen molar-refractivity contribution in [1.82, 2.24) is 0 Å². The predicted octanol–water partition coefficient (Wildman–Crippen LogP) is 4.79. The van der Waals surface area contributed by atoms with Crippen LogP contribution >= 0.6 is 0 Å². The highest BCUT2D eigenvalue weighted by atomic mass is 19.4. The Morgan fingerprint density at radius 2 is 2.00 bits per heavy atom. The molecule has 0 aliphatic carbocycles. The summed E-state index contributed by atoms with van der Waals surface area (Å²) in [5.41, 5.74) is -0.496. The van der Waals surface area contributed by atoms with Crippen molar-refractivity contribution in [2.45, 2.75) is 51.3 Å². The lowest BCUT2D eigenvalue weighted by molar-refractivity contribution is -0.135. The lowest BCUT2D eigenvalue weighted by Gasteiger charge is -2.18. The zero-order chi connectivity index (χ0) is 20.2. The molecule has 0 radical (unpaired) electrons. The van der Waals surface area contributed by atoms with Crippen LogP contribution in [0.15, 0.2) is 48.6 Å². The molecule has 4 nitrogen and oxygen atoms in total. The van der Waals surface area contributed by atoms with E-state index in [1.807, 2.05) is 13.0 Å². The van der Waals surface area contributed by atoms with E-state index in [1.54, 1.807) is 6.08 Å². The van der Waals surface area contributed by atoms with Crippen LogP contribution in [-0.2, 0) is 14.4 Å². The van der Waals surface area contributed by atoms with Gasteiger partial charge in [-0.25, -0.2) is 10.7 Å². The van der Waals surface area contributed by atoms with Crippen molar-refractivity contribution >= 4 is 5.97 Å². The second-order valence-corrected chi connectivity index (χ2v) is 5.83. The number of hydrogen-bond donors (Lipinski definition) is 1. The molecule has 2 atom stereocenters. The Kier molecular flexibility index (Phi) is 11.6. The highest BCUT2D eigenvalue weighted by molar-refractivity contribution is 5.90. The number of unbranched alkanes of at least 4 members (excludes halogenated alkanes) is 1. The Labute approximate surface area is 153 Å². The van der Waals surface area contributed by atoms with Crippen molar-refractivity contribution in [2.24, 2.45) is 11.8 Å². The van der Waals surface area contributed by atoms with Crippen molar-refractivity contribution in [1.29, 1.82) is 0 Å². The molecular weight excluding hydrogens is 347 g/mol. The minimum atomic E-state index is -4.38. The highest BCUT2D eigenvalue weighted by Crippen LogP contribution is 2.27. The third-order valence-electron chi connectivity index (χ3n) is 3.94. The summed E-state index contributed by atoms with van der Waals surface area (Å²) in [5, 5.41) is 0. The van der Waals surface area contributed by atoms with Crippen LogP contribution in [-0.4, -0.2) is 25.4 Å². The molecule has 0 heterocycles. The van der Waals surface area contributed by atoms with Gasteiger partial charge in [-0.1, -0.05) is 44.4 Å². The number of allylic oxidation sites excluding steroid dienone is 4. The van der Waals surface area contributed by atoms with Crippen LogP contribution in [0.2, 0.25) is 0 Å². The molecule has 0 amide bonds. The maximum Gasteiger partial charge on any atom is 0.416 e. The van der Waals surface area contributed by atoms with E-state index in [0.717, 1.165) is 18.6 Å². The van der Waals surface area contributed by atoms with Gasteiger partial charge in [0, 0.05) is 0 Å². The van der Waals surface area contributed by atoms with Crippen molar-refractivity contribution < 1.29 is 27.5 Å². The standard InChI is InChI=1S/C19H28F3NO3/c1-5-15(12-11-14(3)18(24)25-4)13-17(26-23)10-8-7-9-16(6-2)19(20,21)22/h6,9,11-12,15,17H,2-3,5,7-8,10,13,23H2,1,4H3/b12-11-,16-9+/t15-,17?/m0/s1. The molecule has 0 bridgehead atoms. The number of ether oxygens (including phenoxy) is 1. The molecule has 0 saturated carbocycles. The number of nitrogens with two attached hydrogens (primary N) is 1. The maximum absolute atomic E-state index is 12.6. The van der Waals surface area contributed by atoms with Gasteiger partial charge in [0.1, 0.15) is 0 Å². The molecule has 0 aliphatic rings. The average Bonchev–Trinajstić information content (AvgIpc) is 2.61.